The van der Waals surface area contributed by atoms with Gasteiger partial charge in [-0.1, -0.05) is 31.2 Å². The van der Waals surface area contributed by atoms with Gasteiger partial charge >= 0.3 is 0 Å². The van der Waals surface area contributed by atoms with E-state index >= 15 is 0 Å². The quantitative estimate of drug-likeness (QED) is 0.256. The van der Waals surface area contributed by atoms with Crippen molar-refractivity contribution in [2.24, 2.45) is 4.99 Å². The molecular formula is C20H36IN5O2S. The average Bonchev–Trinajstić information content (AvgIpc) is 3.09. The summed E-state index contributed by atoms with van der Waals surface area (Å²) in [5.41, 5.74) is 1.86. The molecule has 2 rings (SSSR count). The van der Waals surface area contributed by atoms with E-state index in [1.54, 1.807) is 7.05 Å². The van der Waals surface area contributed by atoms with E-state index in [9.17, 15) is 8.42 Å². The summed E-state index contributed by atoms with van der Waals surface area (Å²) in [7, 11) is -1.52. The second kappa shape index (κ2) is 12.7. The number of guanidine groups is 1. The fourth-order valence-electron chi connectivity index (χ4n) is 3.54. The van der Waals surface area contributed by atoms with Crippen molar-refractivity contribution in [3.63, 3.8) is 0 Å². The van der Waals surface area contributed by atoms with Crippen LogP contribution >= 0.6 is 24.0 Å². The first kappa shape index (κ1) is 26.1. The lowest BCUT2D eigenvalue weighted by Gasteiger charge is -2.24. The molecule has 0 saturated carbocycles. The summed E-state index contributed by atoms with van der Waals surface area (Å²) < 4.78 is 26.7. The van der Waals surface area contributed by atoms with Crippen molar-refractivity contribution in [1.82, 2.24) is 20.3 Å². The highest BCUT2D eigenvalue weighted by atomic mass is 127. The third-order valence-corrected chi connectivity index (χ3v) is 6.43. The van der Waals surface area contributed by atoms with Gasteiger partial charge in [-0.25, -0.2) is 13.1 Å². The van der Waals surface area contributed by atoms with Crippen LogP contribution in [0.5, 0.6) is 0 Å². The Kier molecular flexibility index (Phi) is 11.4. The number of rotatable bonds is 9. The van der Waals surface area contributed by atoms with E-state index in [-0.39, 0.29) is 35.8 Å². The number of likely N-dealkylation sites (tertiary alicyclic amines) is 1. The third kappa shape index (κ3) is 9.18. The number of sulfonamides is 1. The van der Waals surface area contributed by atoms with Crippen LogP contribution in [0.15, 0.2) is 29.3 Å². The molecule has 1 aliphatic rings. The van der Waals surface area contributed by atoms with Crippen molar-refractivity contribution in [2.75, 3.05) is 26.7 Å². The molecule has 0 aromatic heterocycles. The molecule has 9 heteroatoms. The number of halogens is 1. The summed E-state index contributed by atoms with van der Waals surface area (Å²) in [6, 6.07) is 8.12. The van der Waals surface area contributed by atoms with Gasteiger partial charge in [-0.15, -0.1) is 24.0 Å². The highest BCUT2D eigenvalue weighted by molar-refractivity contribution is 14.0. The number of benzene rings is 1. The van der Waals surface area contributed by atoms with E-state index in [2.05, 4.69) is 32.2 Å². The molecule has 1 aromatic carbocycles. The fraction of sp³-hybridized carbons (Fsp3) is 0.650. The number of nitrogens with one attached hydrogen (secondary N) is 3. The van der Waals surface area contributed by atoms with Crippen molar-refractivity contribution < 1.29 is 8.42 Å². The molecule has 0 bridgehead atoms. The number of hydrogen-bond donors (Lipinski definition) is 3. The van der Waals surface area contributed by atoms with E-state index in [4.69, 9.17) is 0 Å². The van der Waals surface area contributed by atoms with Crippen molar-refractivity contribution in [3.05, 3.63) is 35.4 Å². The second-order valence-corrected chi connectivity index (χ2v) is 9.33. The van der Waals surface area contributed by atoms with E-state index in [1.807, 2.05) is 38.1 Å². The molecule has 1 aliphatic heterocycles. The molecule has 0 radical (unpaired) electrons. The molecule has 3 N–H and O–H groups in total. The Labute approximate surface area is 193 Å². The standard InChI is InChI=1S/C20H35N5O2S.HI/c1-5-25-12-6-7-19(25)14-23-20(21-4)22-13-17-8-10-18(11-9-17)15-28(26,27)24-16(2)3;/h8-11,16,19,24H,5-7,12-15H2,1-4H3,(H2,21,22,23);1H. The molecule has 29 heavy (non-hydrogen) atoms. The van der Waals surface area contributed by atoms with Crippen molar-refractivity contribution in [3.8, 4) is 0 Å². The molecule has 0 spiro atoms. The van der Waals surface area contributed by atoms with Crippen LogP contribution in [0.3, 0.4) is 0 Å². The Bertz CT molecular complexity index is 738. The minimum absolute atomic E-state index is 0. The minimum atomic E-state index is -3.30. The van der Waals surface area contributed by atoms with E-state index < -0.39 is 10.0 Å². The van der Waals surface area contributed by atoms with Crippen molar-refractivity contribution in [1.29, 1.82) is 0 Å². The van der Waals surface area contributed by atoms with Crippen LogP contribution < -0.4 is 15.4 Å². The molecule has 1 aromatic rings. The number of nitrogens with zero attached hydrogens (tertiary/aromatic N) is 2. The summed E-state index contributed by atoms with van der Waals surface area (Å²) in [5.74, 6) is 0.785. The lowest BCUT2D eigenvalue weighted by Crippen LogP contribution is -2.44. The number of likely N-dealkylation sites (N-methyl/N-ethyl adjacent to an activating group) is 1. The smallest absolute Gasteiger partial charge is 0.216 e. The second-order valence-electron chi connectivity index (χ2n) is 7.58. The van der Waals surface area contributed by atoms with Crippen LogP contribution in [-0.2, 0) is 22.3 Å². The predicted molar refractivity (Wildman–Crippen MR) is 131 cm³/mol. The first-order valence-electron chi connectivity index (χ1n) is 10.1. The zero-order chi connectivity index (χ0) is 20.6. The zero-order valence-corrected chi connectivity index (χ0v) is 21.1. The van der Waals surface area contributed by atoms with E-state index in [1.165, 1.54) is 19.4 Å². The molecule has 1 unspecified atom stereocenters. The van der Waals surface area contributed by atoms with Gasteiger partial charge in [0.25, 0.3) is 0 Å². The van der Waals surface area contributed by atoms with Gasteiger partial charge in [-0.05, 0) is 50.9 Å². The Balaban J connectivity index is 0.00000420. The lowest BCUT2D eigenvalue weighted by atomic mass is 10.1. The monoisotopic (exact) mass is 537 g/mol. The molecule has 1 fully saturated rings. The molecule has 166 valence electrons. The summed E-state index contributed by atoms with van der Waals surface area (Å²) in [4.78, 5) is 6.80. The maximum Gasteiger partial charge on any atom is 0.216 e. The molecule has 0 amide bonds. The first-order valence-corrected chi connectivity index (χ1v) is 11.7. The molecule has 1 saturated heterocycles. The topological polar surface area (TPSA) is 85.8 Å². The summed E-state index contributed by atoms with van der Waals surface area (Å²) in [5, 5.41) is 6.74. The van der Waals surface area contributed by atoms with Gasteiger partial charge in [0.2, 0.25) is 10.0 Å². The third-order valence-electron chi connectivity index (χ3n) is 4.89. The average molecular weight is 538 g/mol. The summed E-state index contributed by atoms with van der Waals surface area (Å²) in [6.45, 7) is 9.65. The molecule has 7 nitrogen and oxygen atoms in total. The van der Waals surface area contributed by atoms with Crippen LogP contribution in [0.4, 0.5) is 0 Å². The Morgan fingerprint density at radius 1 is 1.21 bits per heavy atom. The largest absolute Gasteiger partial charge is 0.355 e. The fourth-order valence-corrected chi connectivity index (χ4v) is 4.97. The Morgan fingerprint density at radius 2 is 1.86 bits per heavy atom. The minimum Gasteiger partial charge on any atom is -0.355 e. The van der Waals surface area contributed by atoms with Crippen LogP contribution in [0.2, 0.25) is 0 Å². The maximum absolute atomic E-state index is 12.0. The van der Waals surface area contributed by atoms with Gasteiger partial charge in [0.15, 0.2) is 5.96 Å². The number of hydrogen-bond acceptors (Lipinski definition) is 4. The molecule has 1 atom stereocenters. The van der Waals surface area contributed by atoms with Gasteiger partial charge in [0.1, 0.15) is 0 Å². The van der Waals surface area contributed by atoms with Gasteiger partial charge in [0.05, 0.1) is 5.75 Å². The van der Waals surface area contributed by atoms with Gasteiger partial charge in [0, 0.05) is 32.2 Å². The Morgan fingerprint density at radius 3 is 2.45 bits per heavy atom. The molecule has 1 heterocycles. The van der Waals surface area contributed by atoms with Gasteiger partial charge in [-0.3, -0.25) is 9.89 Å². The Hall–Kier alpha value is -0.910. The van der Waals surface area contributed by atoms with E-state index in [0.29, 0.717) is 12.6 Å². The van der Waals surface area contributed by atoms with Crippen LogP contribution in [0.1, 0.15) is 44.7 Å². The zero-order valence-electron chi connectivity index (χ0n) is 17.9. The predicted octanol–water partition coefficient (Wildman–Crippen LogP) is 2.28. The molecular weight excluding hydrogens is 501 g/mol. The first-order chi connectivity index (χ1) is 13.3. The maximum atomic E-state index is 12.0. The van der Waals surface area contributed by atoms with Crippen molar-refractivity contribution in [2.45, 2.75) is 58.0 Å². The van der Waals surface area contributed by atoms with Gasteiger partial charge in [-0.2, -0.15) is 0 Å². The van der Waals surface area contributed by atoms with Gasteiger partial charge < -0.3 is 10.6 Å². The van der Waals surface area contributed by atoms with E-state index in [0.717, 1.165) is 30.2 Å². The highest BCUT2D eigenvalue weighted by Gasteiger charge is 2.22. The van der Waals surface area contributed by atoms with Crippen LogP contribution in [0, 0.1) is 0 Å². The summed E-state index contributed by atoms with van der Waals surface area (Å²) >= 11 is 0. The molecule has 0 aliphatic carbocycles. The normalized spacial score (nSPS) is 18.0. The number of aliphatic imine (C=N–C) groups is 1. The lowest BCUT2D eigenvalue weighted by molar-refractivity contribution is 0.267. The van der Waals surface area contributed by atoms with Crippen LogP contribution in [0.25, 0.3) is 0 Å². The van der Waals surface area contributed by atoms with Crippen molar-refractivity contribution >= 4 is 40.0 Å². The summed E-state index contributed by atoms with van der Waals surface area (Å²) in [6.07, 6.45) is 2.49. The SMILES string of the molecule is CCN1CCCC1CNC(=NC)NCc1ccc(CS(=O)(=O)NC(C)C)cc1.I. The van der Waals surface area contributed by atoms with Crippen LogP contribution in [-0.4, -0.2) is 58.0 Å². The highest BCUT2D eigenvalue weighted by Crippen LogP contribution is 2.15.